The minimum absolute atomic E-state index is 0.0217. The third-order valence-electron chi connectivity index (χ3n) is 11.0. The molecule has 0 aliphatic carbocycles. The van der Waals surface area contributed by atoms with Crippen molar-refractivity contribution in [3.05, 3.63) is 45.1 Å². The maximum atomic E-state index is 13.6. The van der Waals surface area contributed by atoms with Crippen LogP contribution in [0.25, 0.3) is 0 Å². The van der Waals surface area contributed by atoms with E-state index in [1.54, 1.807) is 0 Å². The number of benzene rings is 1. The molecule has 5 heterocycles. The molecule has 0 spiro atoms. The van der Waals surface area contributed by atoms with Crippen LogP contribution in [0.2, 0.25) is 5.02 Å². The Hall–Kier alpha value is -5.65. The summed E-state index contributed by atoms with van der Waals surface area (Å²) >= 11 is 8.35. The van der Waals surface area contributed by atoms with Crippen LogP contribution in [0.5, 0.6) is 11.5 Å². The molecule has 0 radical (unpaired) electrons. The van der Waals surface area contributed by atoms with Crippen LogP contribution in [-0.4, -0.2) is 144 Å². The summed E-state index contributed by atoms with van der Waals surface area (Å²) in [5.41, 5.74) is 5.07. The maximum Gasteiger partial charge on any atom is 0.348 e. The maximum absolute atomic E-state index is 13.6. The van der Waals surface area contributed by atoms with Crippen LogP contribution in [0.4, 0.5) is 5.13 Å². The van der Waals surface area contributed by atoms with Gasteiger partial charge in [0.2, 0.25) is 6.10 Å². The van der Waals surface area contributed by atoms with Gasteiger partial charge in [0.25, 0.3) is 17.7 Å². The zero-order valence-electron chi connectivity index (χ0n) is 31.3. The molecule has 0 saturated carbocycles. The van der Waals surface area contributed by atoms with Crippen molar-refractivity contribution in [2.75, 3.05) is 38.7 Å². The number of nitrogens with zero attached hydrogens (tertiary/aromatic N) is 5. The van der Waals surface area contributed by atoms with E-state index in [9.17, 15) is 49.2 Å². The van der Waals surface area contributed by atoms with Gasteiger partial charge in [0, 0.05) is 54.5 Å². The number of hydrogen-bond donors (Lipinski definition) is 7. The number of β-lactam (4-membered cyclic amide) rings is 1. The number of aromatic hydroxyl groups is 2. The van der Waals surface area contributed by atoms with E-state index in [0.717, 1.165) is 29.1 Å². The van der Waals surface area contributed by atoms with Crippen molar-refractivity contribution in [3.8, 4) is 11.5 Å². The summed E-state index contributed by atoms with van der Waals surface area (Å²) in [6.45, 7) is 0.596. The molecule has 2 bridgehead atoms. The van der Waals surface area contributed by atoms with Gasteiger partial charge in [-0.2, -0.15) is 0 Å². The summed E-state index contributed by atoms with van der Waals surface area (Å²) in [6.07, 6.45) is 0.183. The van der Waals surface area contributed by atoms with Gasteiger partial charge in [-0.25, -0.2) is 9.78 Å². The molecule has 2 aromatic rings. The fourth-order valence-electron chi connectivity index (χ4n) is 8.10. The average molecular weight is 879 g/mol. The third kappa shape index (κ3) is 8.58. The van der Waals surface area contributed by atoms with E-state index in [0.29, 0.717) is 29.4 Å². The van der Waals surface area contributed by atoms with Crippen LogP contribution in [0, 0.1) is 5.92 Å². The van der Waals surface area contributed by atoms with E-state index in [2.05, 4.69) is 33.0 Å². The zero-order valence-corrected chi connectivity index (χ0v) is 33.7. The van der Waals surface area contributed by atoms with Crippen LogP contribution < -0.4 is 21.5 Å². The van der Waals surface area contributed by atoms with E-state index in [4.69, 9.17) is 32.1 Å². The lowest BCUT2D eigenvalue weighted by molar-refractivity contribution is -0.945. The van der Waals surface area contributed by atoms with Gasteiger partial charge in [-0.15, -0.1) is 23.1 Å². The van der Waals surface area contributed by atoms with Gasteiger partial charge in [-0.1, -0.05) is 21.9 Å². The highest BCUT2D eigenvalue weighted by atomic mass is 35.5. The standard InChI is InChI=1S/C35H39ClN8O13S2/c1-44(16-3-4-17(44)8-14(7-16)10-38-29(49)24(41-56-2)18-5-6-20(45)28(48)23(18)36)11-15-12-58-32-26(31(51)43(32)27(15)34(54)55)40-30(50)25(19-13-59-35(37)39-19)42-57-21(33(52)53)9-22(46)47/h5-6,13-14,16-17,21,26,32H,3-4,7-12H2,1-2H3,(H8-,37,38,39,40,41,42,45,46,47,48,49,50,52,53,54,55)/t14?,16-,17+,21-,26+,32+,44?/m0/s1. The van der Waals surface area contributed by atoms with Crippen LogP contribution in [0.1, 0.15) is 43.4 Å². The number of phenolic OH excluding ortho intramolecular Hbond substituents is 2. The van der Waals surface area contributed by atoms with Crippen LogP contribution >= 0.6 is 34.7 Å². The molecule has 7 atom stereocenters. The molecule has 3 saturated heterocycles. The number of carboxylic acids is 3. The molecule has 6 rings (SSSR count). The first-order valence-corrected chi connectivity index (χ1v) is 20.3. The summed E-state index contributed by atoms with van der Waals surface area (Å²) in [5.74, 6) is -7.89. The van der Waals surface area contributed by atoms with Crippen molar-refractivity contribution in [1.29, 1.82) is 0 Å². The Morgan fingerprint density at radius 2 is 1.81 bits per heavy atom. The topological polar surface area (TPSA) is 316 Å². The van der Waals surface area contributed by atoms with Gasteiger partial charge >= 0.3 is 11.9 Å². The van der Waals surface area contributed by atoms with Crippen molar-refractivity contribution in [2.24, 2.45) is 16.2 Å². The van der Waals surface area contributed by atoms with Gasteiger partial charge < -0.3 is 60.9 Å². The number of carbonyl (C=O) groups excluding carboxylic acids is 4. The number of rotatable bonds is 16. The summed E-state index contributed by atoms with van der Waals surface area (Å²) in [4.78, 5) is 90.4. The molecule has 316 valence electrons. The molecule has 1 aromatic heterocycles. The largest absolute Gasteiger partial charge is 0.543 e. The number of nitrogens with two attached hydrogens (primary N) is 1. The van der Waals surface area contributed by atoms with E-state index in [-0.39, 0.29) is 63.1 Å². The Balaban J connectivity index is 1.12. The highest BCUT2D eigenvalue weighted by Gasteiger charge is 2.56. The molecule has 21 nitrogen and oxygen atoms in total. The number of oxime groups is 2. The number of phenols is 2. The van der Waals surface area contributed by atoms with E-state index in [1.165, 1.54) is 36.4 Å². The Labute approximate surface area is 348 Å². The SMILES string of the molecule is CO/N=C(\C(=O)NCC1C[C@H]2CC[C@@H](C1)[N+]2(C)CC1=C(C(=O)[O-])N2C(=O)[C@@H](NC(=O)/C(=N\O[C@@H](CC(=O)O)C(=O)O)c3csc(N)n3)[C@H]2SC1)c1ccc(O)c(O)c1Cl. The molecule has 24 heteroatoms. The smallest absolute Gasteiger partial charge is 0.348 e. The number of halogens is 1. The number of nitrogens with one attached hydrogen (secondary N) is 2. The first-order valence-electron chi connectivity index (χ1n) is 18.0. The monoisotopic (exact) mass is 878 g/mol. The Morgan fingerprint density at radius 3 is 2.41 bits per heavy atom. The molecule has 8 N–H and O–H groups in total. The molecule has 4 aliphatic rings. The molecule has 2 unspecified atom stereocenters. The number of thiazole rings is 1. The minimum Gasteiger partial charge on any atom is -0.543 e. The first-order chi connectivity index (χ1) is 27.9. The number of carbonyl (C=O) groups is 6. The Bertz CT molecular complexity index is 2170. The van der Waals surface area contributed by atoms with Crippen molar-refractivity contribution >= 4 is 86.9 Å². The number of quaternary nitrogens is 1. The van der Waals surface area contributed by atoms with Gasteiger partial charge in [0.15, 0.2) is 28.1 Å². The van der Waals surface area contributed by atoms with Gasteiger partial charge in [0.1, 0.15) is 30.8 Å². The fourth-order valence-corrected chi connectivity index (χ4v) is 10.2. The van der Waals surface area contributed by atoms with Crippen LogP contribution in [0.3, 0.4) is 0 Å². The number of amides is 3. The lowest BCUT2D eigenvalue weighted by Gasteiger charge is -2.53. The highest BCUT2D eigenvalue weighted by Crippen LogP contribution is 2.47. The molecular formula is C35H39ClN8O13S2. The van der Waals surface area contributed by atoms with Crippen LogP contribution in [-0.2, 0) is 38.4 Å². The lowest BCUT2D eigenvalue weighted by Crippen LogP contribution is -2.72. The summed E-state index contributed by atoms with van der Waals surface area (Å²) in [5, 5.41) is 63.9. The van der Waals surface area contributed by atoms with Crippen molar-refractivity contribution in [2.45, 2.75) is 61.7 Å². The number of hydrogen-bond acceptors (Lipinski definition) is 17. The van der Waals surface area contributed by atoms with Crippen molar-refractivity contribution < 1.29 is 68.5 Å². The van der Waals surface area contributed by atoms with E-state index in [1.807, 2.05) is 0 Å². The number of piperidine rings is 1. The molecule has 4 aliphatic heterocycles. The number of carboxylic acid groups (broad SMARTS) is 3. The van der Waals surface area contributed by atoms with Gasteiger partial charge in [-0.3, -0.25) is 24.1 Å². The number of anilines is 1. The Kier molecular flexibility index (Phi) is 12.6. The minimum atomic E-state index is -1.95. The molecular weight excluding hydrogens is 840 g/mol. The number of fused-ring (bicyclic) bond motifs is 3. The number of aromatic nitrogens is 1. The fraction of sp³-hybridized carbons (Fsp3) is 0.457. The molecule has 3 amide bonds. The van der Waals surface area contributed by atoms with Crippen LogP contribution in [0.15, 0.2) is 39.1 Å². The predicted octanol–water partition coefficient (Wildman–Crippen LogP) is -0.603. The normalized spacial score (nSPS) is 25.7. The number of aliphatic carboxylic acids is 3. The number of nitrogen functional groups attached to an aromatic ring is 1. The highest BCUT2D eigenvalue weighted by molar-refractivity contribution is 8.00. The van der Waals surface area contributed by atoms with E-state index >= 15 is 0 Å². The van der Waals surface area contributed by atoms with Gasteiger partial charge in [-0.05, 0) is 18.1 Å². The number of likely N-dealkylation sites (N-methyl/N-ethyl adjacent to an activating group) is 1. The Morgan fingerprint density at radius 1 is 1.12 bits per heavy atom. The second-order valence-corrected chi connectivity index (χ2v) is 16.9. The zero-order chi connectivity index (χ0) is 42.9. The molecule has 1 aromatic carbocycles. The average Bonchev–Trinajstić information content (AvgIpc) is 3.64. The van der Waals surface area contributed by atoms with Crippen molar-refractivity contribution in [3.63, 3.8) is 0 Å². The lowest BCUT2D eigenvalue weighted by atomic mass is 9.87. The third-order valence-corrected chi connectivity index (χ3v) is 13.4. The quantitative estimate of drug-likeness (QED) is 0.0364. The summed E-state index contributed by atoms with van der Waals surface area (Å²) < 4.78 is 0.512. The summed E-state index contributed by atoms with van der Waals surface area (Å²) in [7, 11) is 3.30. The first kappa shape index (κ1) is 42.9. The van der Waals surface area contributed by atoms with Gasteiger partial charge in [0.05, 0.1) is 42.2 Å². The van der Waals surface area contributed by atoms with Crippen molar-refractivity contribution in [1.82, 2.24) is 20.5 Å². The van der Waals surface area contributed by atoms with E-state index < -0.39 is 76.8 Å². The summed E-state index contributed by atoms with van der Waals surface area (Å²) in [6, 6.07) is 1.47. The molecule has 3 fully saturated rings. The molecule has 59 heavy (non-hydrogen) atoms. The predicted molar refractivity (Wildman–Crippen MR) is 207 cm³/mol. The second-order valence-electron chi connectivity index (χ2n) is 14.5. The second kappa shape index (κ2) is 17.3. The number of thioether (sulfide) groups is 1.